The first-order chi connectivity index (χ1) is 9.47. The highest BCUT2D eigenvalue weighted by Gasteiger charge is 2.31. The van der Waals surface area contributed by atoms with E-state index < -0.39 is 0 Å². The molecule has 0 bridgehead atoms. The Kier molecular flexibility index (Phi) is 5.44. The second kappa shape index (κ2) is 6.90. The van der Waals surface area contributed by atoms with Gasteiger partial charge in [-0.15, -0.1) is 0 Å². The maximum absolute atomic E-state index is 12.3. The summed E-state index contributed by atoms with van der Waals surface area (Å²) in [4.78, 5) is 14.5. The SMILES string of the molecule is CC1CCC(NC(=O)C(C)N2CCC(C)C(O)C2)CC1. The summed E-state index contributed by atoms with van der Waals surface area (Å²) in [5.41, 5.74) is 0. The molecule has 20 heavy (non-hydrogen) atoms. The lowest BCUT2D eigenvalue weighted by Gasteiger charge is -2.38. The molecule has 2 rings (SSSR count). The molecule has 3 atom stereocenters. The van der Waals surface area contributed by atoms with Crippen molar-refractivity contribution < 1.29 is 9.90 Å². The zero-order valence-corrected chi connectivity index (χ0v) is 13.1. The summed E-state index contributed by atoms with van der Waals surface area (Å²) in [6, 6.07) is 0.228. The number of nitrogens with one attached hydrogen (secondary N) is 1. The van der Waals surface area contributed by atoms with E-state index in [1.54, 1.807) is 0 Å². The van der Waals surface area contributed by atoms with Crippen LogP contribution in [-0.4, -0.2) is 47.2 Å². The number of hydrogen-bond donors (Lipinski definition) is 2. The Balaban J connectivity index is 1.80. The first kappa shape index (κ1) is 15.8. The molecule has 0 spiro atoms. The summed E-state index contributed by atoms with van der Waals surface area (Å²) < 4.78 is 0. The molecule has 1 amide bonds. The number of aliphatic hydroxyl groups excluding tert-OH is 1. The number of β-amino-alcohol motifs (C(OH)–C–C–N with tert-alkyl or cyclic N) is 1. The van der Waals surface area contributed by atoms with E-state index in [2.05, 4.69) is 24.1 Å². The van der Waals surface area contributed by atoms with Crippen molar-refractivity contribution in [2.24, 2.45) is 11.8 Å². The quantitative estimate of drug-likeness (QED) is 0.829. The van der Waals surface area contributed by atoms with Gasteiger partial charge in [-0.25, -0.2) is 0 Å². The highest BCUT2D eigenvalue weighted by atomic mass is 16.3. The molecule has 2 aliphatic rings. The Hall–Kier alpha value is -0.610. The highest BCUT2D eigenvalue weighted by molar-refractivity contribution is 5.81. The molecule has 1 aliphatic carbocycles. The number of carbonyl (C=O) groups is 1. The standard InChI is InChI=1S/C16H30N2O2/c1-11-4-6-14(7-5-11)17-16(20)13(3)18-9-8-12(2)15(19)10-18/h11-15,19H,4-10H2,1-3H3,(H,17,20). The fraction of sp³-hybridized carbons (Fsp3) is 0.938. The smallest absolute Gasteiger partial charge is 0.237 e. The topological polar surface area (TPSA) is 52.6 Å². The predicted molar refractivity (Wildman–Crippen MR) is 80.4 cm³/mol. The molecule has 2 fully saturated rings. The lowest BCUT2D eigenvalue weighted by molar-refractivity contribution is -0.128. The van der Waals surface area contributed by atoms with Crippen LogP contribution in [0.1, 0.15) is 52.9 Å². The Morgan fingerprint density at radius 1 is 1.20 bits per heavy atom. The number of aliphatic hydroxyl groups is 1. The van der Waals surface area contributed by atoms with Gasteiger partial charge < -0.3 is 10.4 Å². The van der Waals surface area contributed by atoms with E-state index >= 15 is 0 Å². The van der Waals surface area contributed by atoms with E-state index in [1.807, 2.05) is 6.92 Å². The normalized spacial score (nSPS) is 37.4. The average Bonchev–Trinajstić information content (AvgIpc) is 2.43. The van der Waals surface area contributed by atoms with Gasteiger partial charge in [0.25, 0.3) is 0 Å². The first-order valence-corrected chi connectivity index (χ1v) is 8.20. The molecule has 0 radical (unpaired) electrons. The predicted octanol–water partition coefficient (Wildman–Crippen LogP) is 1.77. The van der Waals surface area contributed by atoms with Crippen LogP contribution in [0.2, 0.25) is 0 Å². The third-order valence-corrected chi connectivity index (χ3v) is 5.24. The van der Waals surface area contributed by atoms with Crippen LogP contribution >= 0.6 is 0 Å². The monoisotopic (exact) mass is 282 g/mol. The summed E-state index contributed by atoms with van der Waals surface area (Å²) >= 11 is 0. The van der Waals surface area contributed by atoms with Gasteiger partial charge in [-0.3, -0.25) is 9.69 Å². The van der Waals surface area contributed by atoms with E-state index in [0.29, 0.717) is 18.5 Å². The summed E-state index contributed by atoms with van der Waals surface area (Å²) in [5.74, 6) is 1.28. The molecular weight excluding hydrogens is 252 g/mol. The maximum Gasteiger partial charge on any atom is 0.237 e. The Morgan fingerprint density at radius 2 is 1.85 bits per heavy atom. The van der Waals surface area contributed by atoms with Crippen molar-refractivity contribution in [3.8, 4) is 0 Å². The average molecular weight is 282 g/mol. The lowest BCUT2D eigenvalue weighted by atomic mass is 9.87. The number of piperidine rings is 1. The summed E-state index contributed by atoms with van der Waals surface area (Å²) in [6.07, 6.45) is 5.34. The minimum Gasteiger partial charge on any atom is -0.392 e. The van der Waals surface area contributed by atoms with Gasteiger partial charge in [0.2, 0.25) is 5.91 Å². The maximum atomic E-state index is 12.3. The molecule has 116 valence electrons. The fourth-order valence-electron chi connectivity index (χ4n) is 3.32. The van der Waals surface area contributed by atoms with Crippen LogP contribution < -0.4 is 5.32 Å². The first-order valence-electron chi connectivity index (χ1n) is 8.20. The van der Waals surface area contributed by atoms with E-state index in [4.69, 9.17) is 0 Å². The van der Waals surface area contributed by atoms with Crippen LogP contribution in [0.25, 0.3) is 0 Å². The van der Waals surface area contributed by atoms with Gasteiger partial charge in [0.05, 0.1) is 12.1 Å². The zero-order valence-electron chi connectivity index (χ0n) is 13.1. The molecule has 0 aromatic rings. The van der Waals surface area contributed by atoms with Gasteiger partial charge in [-0.1, -0.05) is 13.8 Å². The van der Waals surface area contributed by atoms with Gasteiger partial charge in [0.1, 0.15) is 0 Å². The number of carbonyl (C=O) groups excluding carboxylic acids is 1. The number of rotatable bonds is 3. The van der Waals surface area contributed by atoms with E-state index in [9.17, 15) is 9.90 Å². The molecule has 1 heterocycles. The number of likely N-dealkylation sites (tertiary alicyclic amines) is 1. The van der Waals surface area contributed by atoms with Gasteiger partial charge >= 0.3 is 0 Å². The molecule has 0 aromatic heterocycles. The van der Waals surface area contributed by atoms with Crippen molar-refractivity contribution in [3.05, 3.63) is 0 Å². The highest BCUT2D eigenvalue weighted by Crippen LogP contribution is 2.24. The van der Waals surface area contributed by atoms with Crippen LogP contribution in [-0.2, 0) is 4.79 Å². The minimum absolute atomic E-state index is 0.128. The van der Waals surface area contributed by atoms with Crippen molar-refractivity contribution in [3.63, 3.8) is 0 Å². The van der Waals surface area contributed by atoms with Crippen LogP contribution in [0.5, 0.6) is 0 Å². The number of hydrogen-bond acceptors (Lipinski definition) is 3. The number of nitrogens with zero attached hydrogens (tertiary/aromatic N) is 1. The largest absolute Gasteiger partial charge is 0.392 e. The van der Waals surface area contributed by atoms with Crippen molar-refractivity contribution in [1.29, 1.82) is 0 Å². The Bertz CT molecular complexity index is 326. The van der Waals surface area contributed by atoms with Crippen molar-refractivity contribution in [1.82, 2.24) is 10.2 Å². The third kappa shape index (κ3) is 3.95. The molecular formula is C16H30N2O2. The van der Waals surface area contributed by atoms with Crippen molar-refractivity contribution in [2.45, 2.75) is 71.1 Å². The Labute approximate surface area is 122 Å². The summed E-state index contributed by atoms with van der Waals surface area (Å²) in [5, 5.41) is 13.2. The molecule has 2 N–H and O–H groups in total. The second-order valence-electron chi connectivity index (χ2n) is 6.97. The van der Waals surface area contributed by atoms with Gasteiger partial charge in [0.15, 0.2) is 0 Å². The lowest BCUT2D eigenvalue weighted by Crippen LogP contribution is -2.53. The molecule has 4 nitrogen and oxygen atoms in total. The van der Waals surface area contributed by atoms with Gasteiger partial charge in [0, 0.05) is 12.6 Å². The third-order valence-electron chi connectivity index (χ3n) is 5.24. The second-order valence-corrected chi connectivity index (χ2v) is 6.97. The molecule has 0 aromatic carbocycles. The molecule has 1 aliphatic heterocycles. The van der Waals surface area contributed by atoms with Crippen molar-refractivity contribution >= 4 is 5.91 Å². The van der Waals surface area contributed by atoms with Gasteiger partial charge in [-0.2, -0.15) is 0 Å². The fourth-order valence-corrected chi connectivity index (χ4v) is 3.32. The van der Waals surface area contributed by atoms with E-state index in [1.165, 1.54) is 12.8 Å². The minimum atomic E-state index is -0.297. The van der Waals surface area contributed by atoms with Crippen LogP contribution in [0.15, 0.2) is 0 Å². The molecule has 1 saturated heterocycles. The molecule has 4 heteroatoms. The van der Waals surface area contributed by atoms with Crippen LogP contribution in [0.3, 0.4) is 0 Å². The van der Waals surface area contributed by atoms with E-state index in [-0.39, 0.29) is 18.1 Å². The van der Waals surface area contributed by atoms with E-state index in [0.717, 1.165) is 31.7 Å². The van der Waals surface area contributed by atoms with Crippen LogP contribution in [0.4, 0.5) is 0 Å². The summed E-state index contributed by atoms with van der Waals surface area (Å²) in [7, 11) is 0. The van der Waals surface area contributed by atoms with Crippen LogP contribution in [0, 0.1) is 11.8 Å². The molecule has 1 saturated carbocycles. The number of amides is 1. The molecule has 3 unspecified atom stereocenters. The Morgan fingerprint density at radius 3 is 2.45 bits per heavy atom. The zero-order chi connectivity index (χ0) is 14.7. The summed E-state index contributed by atoms with van der Waals surface area (Å²) in [6.45, 7) is 7.86. The van der Waals surface area contributed by atoms with Crippen molar-refractivity contribution in [2.75, 3.05) is 13.1 Å². The van der Waals surface area contributed by atoms with Gasteiger partial charge in [-0.05, 0) is 57.4 Å².